The minimum atomic E-state index is -1.82. The van der Waals surface area contributed by atoms with Crippen LogP contribution >= 0.6 is 0 Å². The lowest BCUT2D eigenvalue weighted by molar-refractivity contribution is -0.314. The Hall–Kier alpha value is -1.39. The van der Waals surface area contributed by atoms with Crippen molar-refractivity contribution in [1.82, 2.24) is 5.32 Å². The lowest BCUT2D eigenvalue weighted by Crippen LogP contribution is -2.60. The number of carbonyl (C=O) groups is 1. The van der Waals surface area contributed by atoms with Crippen molar-refractivity contribution >= 4 is 5.97 Å². The molecule has 49 heavy (non-hydrogen) atoms. The van der Waals surface area contributed by atoms with Crippen LogP contribution in [-0.4, -0.2) is 125 Å². The number of aliphatic hydroxyl groups excluding tert-OH is 3. The van der Waals surface area contributed by atoms with Gasteiger partial charge >= 0.3 is 5.97 Å². The summed E-state index contributed by atoms with van der Waals surface area (Å²) in [5.41, 5.74) is -3.00. The summed E-state index contributed by atoms with van der Waals surface area (Å²) < 4.78 is 44.4. The van der Waals surface area contributed by atoms with E-state index in [0.717, 1.165) is 5.57 Å². The highest BCUT2D eigenvalue weighted by molar-refractivity contribution is 5.73. The lowest BCUT2D eigenvalue weighted by atomic mass is 9.78. The fourth-order valence-corrected chi connectivity index (χ4v) is 8.53. The van der Waals surface area contributed by atoms with Gasteiger partial charge in [0.1, 0.15) is 41.4 Å². The van der Waals surface area contributed by atoms with Gasteiger partial charge in [-0.1, -0.05) is 20.8 Å². The van der Waals surface area contributed by atoms with E-state index in [9.17, 15) is 25.2 Å². The predicted octanol–water partition coefficient (Wildman–Crippen LogP) is 2.55. The van der Waals surface area contributed by atoms with Crippen molar-refractivity contribution < 1.29 is 58.4 Å². The second kappa shape index (κ2) is 15.3. The minimum absolute atomic E-state index is 0.173. The zero-order valence-corrected chi connectivity index (χ0v) is 31.5. The molecule has 0 amide bonds. The molecule has 0 saturated carbocycles. The van der Waals surface area contributed by atoms with Gasteiger partial charge in [0.2, 0.25) is 0 Å². The first kappa shape index (κ1) is 40.4. The van der Waals surface area contributed by atoms with Crippen LogP contribution in [0.1, 0.15) is 94.9 Å². The normalized spacial score (nSPS) is 50.2. The van der Waals surface area contributed by atoms with E-state index in [2.05, 4.69) is 5.32 Å². The highest BCUT2D eigenvalue weighted by atomic mass is 16.7. The van der Waals surface area contributed by atoms with Crippen LogP contribution < -0.4 is 5.32 Å². The summed E-state index contributed by atoms with van der Waals surface area (Å²) in [6, 6.07) is -0.286. The molecule has 0 aromatic carbocycles. The third kappa shape index (κ3) is 7.86. The largest absolute Gasteiger partial charge is 0.489 e. The Balaban J connectivity index is 1.83. The molecule has 17 atom stereocenters. The number of methoxy groups -OCH3 is 1. The molecule has 0 aromatic rings. The molecule has 0 aliphatic carbocycles. The third-order valence-electron chi connectivity index (χ3n) is 11.7. The minimum Gasteiger partial charge on any atom is -0.489 e. The lowest BCUT2D eigenvalue weighted by Gasteiger charge is -2.48. The van der Waals surface area contributed by atoms with Crippen LogP contribution in [-0.2, 0) is 38.0 Å². The van der Waals surface area contributed by atoms with E-state index in [1.54, 1.807) is 41.7 Å². The van der Waals surface area contributed by atoms with Gasteiger partial charge in [-0.15, -0.1) is 0 Å². The quantitative estimate of drug-likeness (QED) is 0.245. The molecule has 4 rings (SSSR count). The number of esters is 1. The van der Waals surface area contributed by atoms with Crippen LogP contribution in [0.3, 0.4) is 0 Å². The van der Waals surface area contributed by atoms with Crippen LogP contribution in [0.4, 0.5) is 0 Å². The van der Waals surface area contributed by atoms with E-state index in [0.29, 0.717) is 18.6 Å². The molecule has 13 heteroatoms. The van der Waals surface area contributed by atoms with E-state index in [1.165, 1.54) is 14.0 Å². The van der Waals surface area contributed by atoms with E-state index < -0.39 is 95.8 Å². The number of likely N-dealkylation sites (N-methyl/N-ethyl adjacent to an activating group) is 1. The molecule has 5 N–H and O–H groups in total. The van der Waals surface area contributed by atoms with Crippen molar-refractivity contribution in [1.29, 1.82) is 0 Å². The first-order valence-electron chi connectivity index (χ1n) is 17.9. The van der Waals surface area contributed by atoms with Gasteiger partial charge in [0, 0.05) is 37.8 Å². The van der Waals surface area contributed by atoms with Gasteiger partial charge in [-0.3, -0.25) is 4.79 Å². The second-order valence-electron chi connectivity index (χ2n) is 15.7. The van der Waals surface area contributed by atoms with Crippen molar-refractivity contribution in [2.24, 2.45) is 17.8 Å². The molecular formula is C36H63NO12. The Morgan fingerprint density at radius 3 is 2.22 bits per heavy atom. The van der Waals surface area contributed by atoms with Crippen LogP contribution in [0.2, 0.25) is 0 Å². The first-order chi connectivity index (χ1) is 22.7. The Kier molecular flexibility index (Phi) is 12.6. The summed E-state index contributed by atoms with van der Waals surface area (Å²) in [6.07, 6.45) is -7.44. The molecule has 3 saturated heterocycles. The Labute approximate surface area is 291 Å². The highest BCUT2D eigenvalue weighted by Crippen LogP contribution is 2.47. The van der Waals surface area contributed by atoms with Gasteiger partial charge in [0.25, 0.3) is 0 Å². The predicted molar refractivity (Wildman–Crippen MR) is 179 cm³/mol. The SMILES string of the molecule is CC[C@H]1OC(=O)[C@H](C)[C@@H](O[C@H]2C[C@@](C)(OC)[C@@H](O)[C@H](C)O2)[C@H](C)[C@@H](O[C@@H]2O[C@H](C)C[C@H](NC)[C@H]2O)[C@@]2(C)CC(C)=C(O2)[C@H](C)[C@@H](O)[C@]1(C)O. The van der Waals surface area contributed by atoms with Gasteiger partial charge in [0.15, 0.2) is 12.6 Å². The summed E-state index contributed by atoms with van der Waals surface area (Å²) in [4.78, 5) is 14.1. The average molecular weight is 702 g/mol. The van der Waals surface area contributed by atoms with Crippen LogP contribution in [0.5, 0.6) is 0 Å². The number of aliphatic hydroxyl groups is 4. The molecule has 4 aliphatic rings. The highest BCUT2D eigenvalue weighted by Gasteiger charge is 2.56. The molecule has 0 unspecified atom stereocenters. The maximum absolute atomic E-state index is 14.1. The number of nitrogens with one attached hydrogen (secondary N) is 1. The van der Waals surface area contributed by atoms with Gasteiger partial charge in [-0.05, 0) is 73.9 Å². The molecule has 2 bridgehead atoms. The molecule has 0 aromatic heterocycles. The molecule has 0 radical (unpaired) electrons. The molecule has 4 aliphatic heterocycles. The third-order valence-corrected chi connectivity index (χ3v) is 11.7. The summed E-state index contributed by atoms with van der Waals surface area (Å²) in [6.45, 7) is 17.9. The molecule has 0 spiro atoms. The number of fused-ring (bicyclic) bond motifs is 2. The van der Waals surface area contributed by atoms with Crippen LogP contribution in [0, 0.1) is 17.8 Å². The van der Waals surface area contributed by atoms with Crippen molar-refractivity contribution in [2.45, 2.75) is 179 Å². The summed E-state index contributed by atoms with van der Waals surface area (Å²) >= 11 is 0. The molecular weight excluding hydrogens is 638 g/mol. The van der Waals surface area contributed by atoms with E-state index in [1.807, 2.05) is 27.7 Å². The molecule has 284 valence electrons. The second-order valence-corrected chi connectivity index (χ2v) is 15.7. The fourth-order valence-electron chi connectivity index (χ4n) is 8.53. The fraction of sp³-hybridized carbons (Fsp3) is 0.917. The zero-order valence-electron chi connectivity index (χ0n) is 31.5. The number of rotatable bonds is 7. The van der Waals surface area contributed by atoms with Crippen LogP contribution in [0.25, 0.3) is 0 Å². The van der Waals surface area contributed by atoms with Crippen molar-refractivity contribution in [3.8, 4) is 0 Å². The Bertz CT molecular complexity index is 1180. The van der Waals surface area contributed by atoms with Gasteiger partial charge in [-0.2, -0.15) is 0 Å². The summed E-state index contributed by atoms with van der Waals surface area (Å²) in [5, 5.41) is 48.8. The molecule has 3 fully saturated rings. The number of hydrogen-bond acceptors (Lipinski definition) is 13. The van der Waals surface area contributed by atoms with Gasteiger partial charge in [-0.25, -0.2) is 0 Å². The standard InChI is InChI=1S/C36H63NO12/c1-13-24-36(10,42)29(39)19(4)27-17(2)15-35(9,49-27)31(48-33-26(38)23(37-11)14-18(3)44-33)20(5)28(21(6)32(41)46-24)47-25-16-34(8,43-12)30(40)22(7)45-25/h18-26,28-31,33,37-40,42H,13-16H2,1-12H3/t18-,19+,20+,21-,22+,23+,24-,25+,26-,28+,29-,30+,31-,33+,34-,35-,36-/m1/s1. The maximum atomic E-state index is 14.1. The number of hydrogen-bond donors (Lipinski definition) is 5. The number of cyclic esters (lactones) is 1. The van der Waals surface area contributed by atoms with E-state index >= 15 is 0 Å². The summed E-state index contributed by atoms with van der Waals surface area (Å²) in [7, 11) is 3.31. The average Bonchev–Trinajstić information content (AvgIpc) is 3.37. The molecule has 4 heterocycles. The topological polar surface area (TPSA) is 175 Å². The monoisotopic (exact) mass is 701 g/mol. The van der Waals surface area contributed by atoms with Crippen molar-refractivity contribution in [3.63, 3.8) is 0 Å². The first-order valence-corrected chi connectivity index (χ1v) is 17.9. The van der Waals surface area contributed by atoms with Gasteiger partial charge < -0.3 is 58.9 Å². The maximum Gasteiger partial charge on any atom is 0.311 e. The van der Waals surface area contributed by atoms with Gasteiger partial charge in [0.05, 0.1) is 35.9 Å². The Morgan fingerprint density at radius 2 is 1.63 bits per heavy atom. The van der Waals surface area contributed by atoms with Crippen molar-refractivity contribution in [2.75, 3.05) is 14.2 Å². The van der Waals surface area contributed by atoms with Crippen molar-refractivity contribution in [3.05, 3.63) is 11.3 Å². The van der Waals surface area contributed by atoms with E-state index in [-0.39, 0.29) is 25.0 Å². The smallest absolute Gasteiger partial charge is 0.311 e. The van der Waals surface area contributed by atoms with E-state index in [4.69, 9.17) is 33.2 Å². The van der Waals surface area contributed by atoms with Crippen LogP contribution in [0.15, 0.2) is 11.3 Å². The number of carbonyl (C=O) groups excluding carboxylic acids is 1. The number of ether oxygens (including phenoxy) is 7. The molecule has 13 nitrogen and oxygen atoms in total. The Morgan fingerprint density at radius 1 is 0.980 bits per heavy atom. The summed E-state index contributed by atoms with van der Waals surface area (Å²) in [5.74, 6) is -2.32. The zero-order chi connectivity index (χ0) is 36.8.